The zero-order valence-electron chi connectivity index (χ0n) is 7.23. The summed E-state index contributed by atoms with van der Waals surface area (Å²) in [6.07, 6.45) is 3.18. The third kappa shape index (κ3) is 1.54. The second-order valence-corrected chi connectivity index (χ2v) is 2.57. The molecule has 3 nitrogen and oxygen atoms in total. The largest absolute Gasteiger partial charge is 0.497 e. The fourth-order valence-electron chi connectivity index (χ4n) is 1.10. The number of benzene rings is 1. The van der Waals surface area contributed by atoms with Crippen molar-refractivity contribution in [2.24, 2.45) is 0 Å². The van der Waals surface area contributed by atoms with E-state index in [4.69, 9.17) is 9.15 Å². The predicted octanol–water partition coefficient (Wildman–Crippen LogP) is 2.35. The van der Waals surface area contributed by atoms with Crippen molar-refractivity contribution in [1.29, 1.82) is 0 Å². The first-order valence-corrected chi connectivity index (χ1v) is 3.94. The number of oxazole rings is 1. The first-order chi connectivity index (χ1) is 6.40. The van der Waals surface area contributed by atoms with E-state index in [2.05, 4.69) is 4.98 Å². The molecule has 3 heteroatoms. The van der Waals surface area contributed by atoms with Gasteiger partial charge in [-0.15, -0.1) is 0 Å². The summed E-state index contributed by atoms with van der Waals surface area (Å²) in [4.78, 5) is 4.03. The van der Waals surface area contributed by atoms with E-state index in [-0.39, 0.29) is 0 Å². The van der Waals surface area contributed by atoms with Gasteiger partial charge in [-0.1, -0.05) is 0 Å². The van der Waals surface area contributed by atoms with Crippen LogP contribution < -0.4 is 4.74 Å². The quantitative estimate of drug-likeness (QED) is 0.702. The fourth-order valence-corrected chi connectivity index (χ4v) is 1.10. The highest BCUT2D eigenvalue weighted by atomic mass is 16.5. The van der Waals surface area contributed by atoms with Gasteiger partial charge in [-0.2, -0.15) is 0 Å². The van der Waals surface area contributed by atoms with Crippen molar-refractivity contribution in [2.45, 2.75) is 0 Å². The lowest BCUT2D eigenvalue weighted by atomic mass is 10.2. The molecule has 0 aliphatic heterocycles. The molecular weight excluding hydrogens is 166 g/mol. The topological polar surface area (TPSA) is 35.3 Å². The Morgan fingerprint density at radius 1 is 1.23 bits per heavy atom. The summed E-state index contributed by atoms with van der Waals surface area (Å²) >= 11 is 0. The zero-order chi connectivity index (χ0) is 9.10. The van der Waals surface area contributed by atoms with E-state index in [1.165, 1.54) is 0 Å². The van der Waals surface area contributed by atoms with Gasteiger partial charge in [0.1, 0.15) is 12.0 Å². The normalized spacial score (nSPS) is 9.92. The van der Waals surface area contributed by atoms with Crippen molar-refractivity contribution in [1.82, 2.24) is 4.98 Å². The third-order valence-electron chi connectivity index (χ3n) is 1.77. The second kappa shape index (κ2) is 3.31. The van der Waals surface area contributed by atoms with Crippen LogP contribution in [0.1, 0.15) is 0 Å². The van der Waals surface area contributed by atoms with Crippen molar-refractivity contribution in [3.05, 3.63) is 36.7 Å². The van der Waals surface area contributed by atoms with Gasteiger partial charge in [0.05, 0.1) is 13.3 Å². The molecule has 2 aromatic rings. The number of rotatable bonds is 2. The van der Waals surface area contributed by atoms with E-state index in [0.29, 0.717) is 5.89 Å². The summed E-state index contributed by atoms with van der Waals surface area (Å²) in [5.74, 6) is 1.46. The molecule has 1 heterocycles. The SMILES string of the molecule is COc1ccc(-c2ncco2)cc1. The number of aromatic nitrogens is 1. The van der Waals surface area contributed by atoms with Gasteiger partial charge in [-0.25, -0.2) is 4.98 Å². The summed E-state index contributed by atoms with van der Waals surface area (Å²) in [5.41, 5.74) is 0.950. The molecule has 0 fully saturated rings. The van der Waals surface area contributed by atoms with Gasteiger partial charge in [-0.05, 0) is 24.3 Å². The number of ether oxygens (including phenoxy) is 1. The van der Waals surface area contributed by atoms with Gasteiger partial charge in [-0.3, -0.25) is 0 Å². The minimum atomic E-state index is 0.627. The van der Waals surface area contributed by atoms with E-state index < -0.39 is 0 Å². The van der Waals surface area contributed by atoms with Crippen LogP contribution in [0.25, 0.3) is 11.5 Å². The Balaban J connectivity index is 2.33. The van der Waals surface area contributed by atoms with Crippen LogP contribution in [0, 0.1) is 0 Å². The fraction of sp³-hybridized carbons (Fsp3) is 0.100. The van der Waals surface area contributed by atoms with E-state index in [9.17, 15) is 0 Å². The van der Waals surface area contributed by atoms with Crippen LogP contribution in [0.3, 0.4) is 0 Å². The van der Waals surface area contributed by atoms with Gasteiger partial charge in [0.15, 0.2) is 0 Å². The van der Waals surface area contributed by atoms with Crippen LogP contribution >= 0.6 is 0 Å². The number of nitrogens with zero attached hydrogens (tertiary/aromatic N) is 1. The standard InChI is InChI=1S/C10H9NO2/c1-12-9-4-2-8(3-5-9)10-11-6-7-13-10/h2-7H,1H3. The van der Waals surface area contributed by atoms with E-state index >= 15 is 0 Å². The van der Waals surface area contributed by atoms with Crippen molar-refractivity contribution in [2.75, 3.05) is 7.11 Å². The third-order valence-corrected chi connectivity index (χ3v) is 1.77. The van der Waals surface area contributed by atoms with Crippen molar-refractivity contribution < 1.29 is 9.15 Å². The predicted molar refractivity (Wildman–Crippen MR) is 48.5 cm³/mol. The Labute approximate surface area is 76.0 Å². The molecule has 0 amide bonds. The molecule has 0 saturated heterocycles. The molecule has 0 spiro atoms. The molecule has 0 aliphatic rings. The summed E-state index contributed by atoms with van der Waals surface area (Å²) in [6.45, 7) is 0. The van der Waals surface area contributed by atoms with Gasteiger partial charge in [0.25, 0.3) is 0 Å². The average molecular weight is 175 g/mol. The molecule has 0 N–H and O–H groups in total. The Bertz CT molecular complexity index is 364. The maximum Gasteiger partial charge on any atom is 0.225 e. The van der Waals surface area contributed by atoms with Crippen LogP contribution in [-0.2, 0) is 0 Å². The maximum absolute atomic E-state index is 5.14. The summed E-state index contributed by atoms with van der Waals surface area (Å²) in [5, 5.41) is 0. The van der Waals surface area contributed by atoms with Gasteiger partial charge in [0.2, 0.25) is 5.89 Å². The molecule has 1 aromatic carbocycles. The summed E-state index contributed by atoms with van der Waals surface area (Å²) in [6, 6.07) is 7.56. The molecule has 0 saturated carbocycles. The van der Waals surface area contributed by atoms with E-state index in [1.807, 2.05) is 24.3 Å². The zero-order valence-corrected chi connectivity index (χ0v) is 7.23. The van der Waals surface area contributed by atoms with E-state index in [1.54, 1.807) is 19.6 Å². The number of methoxy groups -OCH3 is 1. The first kappa shape index (κ1) is 7.86. The Hall–Kier alpha value is -1.77. The summed E-state index contributed by atoms with van der Waals surface area (Å²) in [7, 11) is 1.64. The molecule has 13 heavy (non-hydrogen) atoms. The van der Waals surface area contributed by atoms with Crippen LogP contribution in [-0.4, -0.2) is 12.1 Å². The lowest BCUT2D eigenvalue weighted by Gasteiger charge is -1.99. The van der Waals surface area contributed by atoms with Crippen LogP contribution in [0.4, 0.5) is 0 Å². The average Bonchev–Trinajstić information content (AvgIpc) is 2.71. The van der Waals surface area contributed by atoms with Gasteiger partial charge >= 0.3 is 0 Å². The Morgan fingerprint density at radius 3 is 2.54 bits per heavy atom. The highest BCUT2D eigenvalue weighted by Crippen LogP contribution is 2.20. The Morgan fingerprint density at radius 2 is 2.00 bits per heavy atom. The van der Waals surface area contributed by atoms with E-state index in [0.717, 1.165) is 11.3 Å². The number of hydrogen-bond acceptors (Lipinski definition) is 3. The highest BCUT2D eigenvalue weighted by Gasteiger charge is 2.00. The number of hydrogen-bond donors (Lipinski definition) is 0. The molecule has 0 atom stereocenters. The molecule has 0 bridgehead atoms. The molecule has 0 radical (unpaired) electrons. The molecule has 2 rings (SSSR count). The smallest absolute Gasteiger partial charge is 0.225 e. The lowest BCUT2D eigenvalue weighted by Crippen LogP contribution is -1.82. The van der Waals surface area contributed by atoms with Gasteiger partial charge in [0, 0.05) is 5.56 Å². The minimum absolute atomic E-state index is 0.627. The molecule has 1 aromatic heterocycles. The minimum Gasteiger partial charge on any atom is -0.497 e. The first-order valence-electron chi connectivity index (χ1n) is 3.94. The molecule has 66 valence electrons. The second-order valence-electron chi connectivity index (χ2n) is 2.57. The lowest BCUT2D eigenvalue weighted by molar-refractivity contribution is 0.415. The van der Waals surface area contributed by atoms with Crippen molar-refractivity contribution >= 4 is 0 Å². The van der Waals surface area contributed by atoms with Crippen LogP contribution in [0.2, 0.25) is 0 Å². The maximum atomic E-state index is 5.14. The van der Waals surface area contributed by atoms with Gasteiger partial charge < -0.3 is 9.15 Å². The molecular formula is C10H9NO2. The van der Waals surface area contributed by atoms with Crippen molar-refractivity contribution in [3.8, 4) is 17.2 Å². The Kier molecular flexibility index (Phi) is 2.00. The molecule has 0 unspecified atom stereocenters. The molecule has 0 aliphatic carbocycles. The van der Waals surface area contributed by atoms with Crippen LogP contribution in [0.5, 0.6) is 5.75 Å². The van der Waals surface area contributed by atoms with Crippen LogP contribution in [0.15, 0.2) is 41.1 Å². The monoisotopic (exact) mass is 175 g/mol. The van der Waals surface area contributed by atoms with Crippen molar-refractivity contribution in [3.63, 3.8) is 0 Å². The summed E-state index contributed by atoms with van der Waals surface area (Å²) < 4.78 is 10.2. The highest BCUT2D eigenvalue weighted by molar-refractivity contribution is 5.54.